The van der Waals surface area contributed by atoms with Crippen LogP contribution < -0.4 is 4.74 Å². The molecule has 2 rings (SSSR count). The summed E-state index contributed by atoms with van der Waals surface area (Å²) in [4.78, 5) is 11.7. The van der Waals surface area contributed by atoms with Gasteiger partial charge in [-0.25, -0.2) is 13.2 Å². The zero-order chi connectivity index (χ0) is 20.9. The van der Waals surface area contributed by atoms with Crippen molar-refractivity contribution < 1.29 is 40.6 Å². The first kappa shape index (κ1) is 22.0. The lowest BCUT2D eigenvalue weighted by Gasteiger charge is -2.28. The van der Waals surface area contributed by atoms with Crippen LogP contribution in [0.25, 0.3) is 0 Å². The number of alkyl halides is 3. The van der Waals surface area contributed by atoms with Gasteiger partial charge in [-0.05, 0) is 49.6 Å². The van der Waals surface area contributed by atoms with Gasteiger partial charge in [-0.2, -0.15) is 4.31 Å². The van der Waals surface area contributed by atoms with E-state index in [-0.39, 0.29) is 43.2 Å². The maximum atomic E-state index is 12.7. The van der Waals surface area contributed by atoms with E-state index in [4.69, 9.17) is 9.47 Å². The zero-order valence-corrected chi connectivity index (χ0v) is 16.1. The Labute approximate surface area is 160 Å². The number of esters is 1. The summed E-state index contributed by atoms with van der Waals surface area (Å²) in [5.41, 5.74) is 0.654. The quantitative estimate of drug-likeness (QED) is 0.398. The molecule has 1 heterocycles. The van der Waals surface area contributed by atoms with Crippen molar-refractivity contribution in [2.24, 2.45) is 0 Å². The second-order valence-corrected chi connectivity index (χ2v) is 7.72. The summed E-state index contributed by atoms with van der Waals surface area (Å²) in [6.45, 7) is 2.05. The van der Waals surface area contributed by atoms with Gasteiger partial charge in [0.2, 0.25) is 15.8 Å². The minimum absolute atomic E-state index is 0.0764. The van der Waals surface area contributed by atoms with Crippen LogP contribution in [0.4, 0.5) is 13.2 Å². The van der Waals surface area contributed by atoms with Crippen LogP contribution in [-0.2, 0) is 24.3 Å². The predicted octanol–water partition coefficient (Wildman–Crippen LogP) is 2.83. The number of hydrogen-bond acceptors (Lipinski definition) is 6. The third-order valence-corrected chi connectivity index (χ3v) is 5.92. The van der Waals surface area contributed by atoms with Crippen LogP contribution in [0.2, 0.25) is 0 Å². The van der Waals surface area contributed by atoms with Crippen LogP contribution in [0.5, 0.6) is 5.75 Å². The Hall–Kier alpha value is -2.27. The predicted molar refractivity (Wildman–Crippen MR) is 91.8 cm³/mol. The number of ether oxygens (including phenoxy) is 3. The Morgan fingerprint density at radius 2 is 1.71 bits per heavy atom. The first-order valence-corrected chi connectivity index (χ1v) is 9.81. The molecule has 1 fully saturated rings. The number of sulfonamides is 1. The van der Waals surface area contributed by atoms with E-state index in [1.165, 1.54) is 11.4 Å². The number of benzene rings is 1. The van der Waals surface area contributed by atoms with Crippen molar-refractivity contribution in [2.45, 2.75) is 31.0 Å². The molecule has 1 aromatic rings. The molecule has 0 unspecified atom stereocenters. The number of halogens is 3. The molecule has 0 radical (unpaired) electrons. The Balaban J connectivity index is 2.11. The highest BCUT2D eigenvalue weighted by atomic mass is 32.2. The maximum absolute atomic E-state index is 12.7. The molecule has 0 atom stereocenters. The summed E-state index contributed by atoms with van der Waals surface area (Å²) in [5, 5.41) is 0. The van der Waals surface area contributed by atoms with Gasteiger partial charge in [0.25, 0.3) is 0 Å². The van der Waals surface area contributed by atoms with Crippen molar-refractivity contribution in [3.8, 4) is 5.75 Å². The molecule has 0 spiro atoms. The van der Waals surface area contributed by atoms with Gasteiger partial charge in [-0.1, -0.05) is 0 Å². The smallest absolute Gasteiger partial charge is 0.490 e. The maximum Gasteiger partial charge on any atom is 0.573 e. The molecular weight excluding hydrogens is 403 g/mol. The lowest BCUT2D eigenvalue weighted by Crippen LogP contribution is -2.37. The van der Waals surface area contributed by atoms with Crippen molar-refractivity contribution in [3.05, 3.63) is 35.6 Å². The van der Waals surface area contributed by atoms with Crippen LogP contribution in [0.15, 0.2) is 40.5 Å². The first-order valence-electron chi connectivity index (χ1n) is 8.37. The van der Waals surface area contributed by atoms with E-state index in [2.05, 4.69) is 4.74 Å². The fourth-order valence-electron chi connectivity index (χ4n) is 2.75. The Morgan fingerprint density at radius 1 is 1.14 bits per heavy atom. The summed E-state index contributed by atoms with van der Waals surface area (Å²) < 4.78 is 76.9. The number of methoxy groups -OCH3 is 1. The molecule has 0 N–H and O–H groups in total. The highest BCUT2D eigenvalue weighted by Gasteiger charge is 2.32. The van der Waals surface area contributed by atoms with Crippen LogP contribution in [0.3, 0.4) is 0 Å². The van der Waals surface area contributed by atoms with Crippen molar-refractivity contribution in [3.63, 3.8) is 0 Å². The molecule has 0 amide bonds. The molecule has 1 aromatic carbocycles. The number of carbonyl (C=O) groups is 1. The normalized spacial score (nSPS) is 15.8. The number of carbonyl (C=O) groups excluding carboxylic acids is 1. The summed E-state index contributed by atoms with van der Waals surface area (Å²) in [6, 6.07) is 4.00. The van der Waals surface area contributed by atoms with Crippen molar-refractivity contribution in [1.82, 2.24) is 4.31 Å². The van der Waals surface area contributed by atoms with Gasteiger partial charge >= 0.3 is 12.3 Å². The van der Waals surface area contributed by atoms with Crippen LogP contribution >= 0.6 is 0 Å². The molecule has 28 heavy (non-hydrogen) atoms. The minimum atomic E-state index is -4.85. The minimum Gasteiger partial charge on any atom is -0.490 e. The lowest BCUT2D eigenvalue weighted by molar-refractivity contribution is -0.274. The lowest BCUT2D eigenvalue weighted by atomic mass is 10.0. The van der Waals surface area contributed by atoms with Gasteiger partial charge in [0, 0.05) is 13.1 Å². The van der Waals surface area contributed by atoms with Crippen molar-refractivity contribution in [2.75, 3.05) is 26.8 Å². The van der Waals surface area contributed by atoms with E-state index in [9.17, 15) is 26.4 Å². The molecule has 0 aromatic heterocycles. The van der Waals surface area contributed by atoms with Crippen LogP contribution in [0, 0.1) is 0 Å². The van der Waals surface area contributed by atoms with E-state index in [0.717, 1.165) is 24.3 Å². The largest absolute Gasteiger partial charge is 0.573 e. The van der Waals surface area contributed by atoms with Gasteiger partial charge in [0.1, 0.15) is 5.75 Å². The monoisotopic (exact) mass is 423 g/mol. The standard InChI is InChI=1S/C17H20F3NO6S/c1-3-26-16(22)15(25-2)12-8-10-21(11-9-12)28(23,24)14-6-4-13(5-7-14)27-17(18,19)20/h4-7H,3,8-11H2,1-2H3. The Kier molecular flexibility index (Phi) is 6.94. The second kappa shape index (κ2) is 8.82. The summed E-state index contributed by atoms with van der Waals surface area (Å²) >= 11 is 0. The van der Waals surface area contributed by atoms with Gasteiger partial charge in [-0.3, -0.25) is 0 Å². The van der Waals surface area contributed by atoms with Crippen molar-refractivity contribution in [1.29, 1.82) is 0 Å². The molecular formula is C17H20F3NO6S. The average Bonchev–Trinajstić information content (AvgIpc) is 2.62. The van der Waals surface area contributed by atoms with Gasteiger partial charge in [0.05, 0.1) is 18.6 Å². The topological polar surface area (TPSA) is 82.1 Å². The number of hydrogen-bond donors (Lipinski definition) is 0. The molecule has 0 bridgehead atoms. The van der Waals surface area contributed by atoms with Gasteiger partial charge < -0.3 is 14.2 Å². The fraction of sp³-hybridized carbons (Fsp3) is 0.471. The zero-order valence-electron chi connectivity index (χ0n) is 15.3. The van der Waals surface area contributed by atoms with Crippen LogP contribution in [-0.4, -0.2) is 51.9 Å². The van der Waals surface area contributed by atoms with E-state index in [0.29, 0.717) is 5.57 Å². The molecule has 0 saturated carbocycles. The third kappa shape index (κ3) is 5.38. The number of piperidine rings is 1. The molecule has 1 aliphatic heterocycles. The third-order valence-electron chi connectivity index (χ3n) is 4.01. The molecule has 1 saturated heterocycles. The van der Waals surface area contributed by atoms with Gasteiger partial charge in [-0.15, -0.1) is 13.2 Å². The molecule has 7 nitrogen and oxygen atoms in total. The summed E-state index contributed by atoms with van der Waals surface area (Å²) in [5.74, 6) is -1.03. The Morgan fingerprint density at radius 3 is 2.18 bits per heavy atom. The highest BCUT2D eigenvalue weighted by molar-refractivity contribution is 7.89. The number of rotatable bonds is 6. The summed E-state index contributed by atoms with van der Waals surface area (Å²) in [7, 11) is -2.55. The van der Waals surface area contributed by atoms with E-state index in [1.807, 2.05) is 0 Å². The fourth-order valence-corrected chi connectivity index (χ4v) is 4.20. The van der Waals surface area contributed by atoms with Crippen molar-refractivity contribution >= 4 is 16.0 Å². The SMILES string of the molecule is CCOC(=O)C(OC)=C1CCN(S(=O)(=O)c2ccc(OC(F)(F)F)cc2)CC1. The van der Waals surface area contributed by atoms with E-state index in [1.54, 1.807) is 6.92 Å². The molecule has 156 valence electrons. The first-order chi connectivity index (χ1) is 13.1. The van der Waals surface area contributed by atoms with E-state index < -0.39 is 28.1 Å². The highest BCUT2D eigenvalue weighted by Crippen LogP contribution is 2.28. The molecule has 1 aliphatic rings. The van der Waals surface area contributed by atoms with Gasteiger partial charge in [0.15, 0.2) is 0 Å². The van der Waals surface area contributed by atoms with E-state index >= 15 is 0 Å². The van der Waals surface area contributed by atoms with Crippen LogP contribution in [0.1, 0.15) is 19.8 Å². The second-order valence-electron chi connectivity index (χ2n) is 5.78. The average molecular weight is 423 g/mol. The number of nitrogens with zero attached hydrogens (tertiary/aromatic N) is 1. The Bertz CT molecular complexity index is 823. The summed E-state index contributed by atoms with van der Waals surface area (Å²) in [6.07, 6.45) is -4.30. The molecule has 0 aliphatic carbocycles. The molecule has 11 heteroatoms.